The number of hydrogen-bond acceptors (Lipinski definition) is 4. The number of nitrogens with zero attached hydrogens (tertiary/aromatic N) is 3. The Morgan fingerprint density at radius 1 is 1.38 bits per heavy atom. The van der Waals surface area contributed by atoms with Crippen molar-refractivity contribution in [2.75, 3.05) is 26.2 Å². The molecule has 0 radical (unpaired) electrons. The molecule has 0 N–H and O–H groups in total. The number of ether oxygens (including phenoxy) is 1. The molecule has 0 saturated carbocycles. The maximum atomic E-state index is 13.7. The number of piperidine rings is 1. The van der Waals surface area contributed by atoms with E-state index in [1.165, 1.54) is 12.3 Å². The summed E-state index contributed by atoms with van der Waals surface area (Å²) < 4.78 is 18.9. The lowest BCUT2D eigenvalue weighted by Gasteiger charge is -2.44. The topological polar surface area (TPSA) is 62.7 Å². The normalized spacial score (nSPS) is 21.5. The van der Waals surface area contributed by atoms with Crippen LogP contribution >= 0.6 is 0 Å². The van der Waals surface area contributed by atoms with Gasteiger partial charge in [0.15, 0.2) is 0 Å². The Morgan fingerprint density at radius 3 is 2.75 bits per heavy atom. The van der Waals surface area contributed by atoms with Crippen molar-refractivity contribution in [2.45, 2.75) is 32.7 Å². The molecule has 0 atom stereocenters. The third kappa shape index (κ3) is 3.34. The predicted molar refractivity (Wildman–Crippen MR) is 85.0 cm³/mol. The van der Waals surface area contributed by atoms with Crippen molar-refractivity contribution in [3.8, 4) is 0 Å². The maximum Gasteiger partial charge on any atom is 0.410 e. The fourth-order valence-corrected chi connectivity index (χ4v) is 3.29. The zero-order valence-electron chi connectivity index (χ0n) is 14.0. The highest BCUT2D eigenvalue weighted by atomic mass is 19.1. The summed E-state index contributed by atoms with van der Waals surface area (Å²) in [5.74, 6) is -1.09. The van der Waals surface area contributed by atoms with E-state index in [-0.39, 0.29) is 29.0 Å². The molecule has 0 aliphatic carbocycles. The summed E-state index contributed by atoms with van der Waals surface area (Å²) >= 11 is 0. The van der Waals surface area contributed by atoms with Gasteiger partial charge in [-0.2, -0.15) is 4.39 Å². The molecule has 0 unspecified atom stereocenters. The molecule has 2 saturated heterocycles. The molecule has 2 fully saturated rings. The third-order valence-electron chi connectivity index (χ3n) is 4.60. The number of carbonyl (C=O) groups excluding carboxylic acids is 2. The lowest BCUT2D eigenvalue weighted by Crippen LogP contribution is -2.55. The van der Waals surface area contributed by atoms with E-state index < -0.39 is 5.95 Å². The molecule has 3 rings (SSSR count). The first-order chi connectivity index (χ1) is 11.4. The lowest BCUT2D eigenvalue weighted by atomic mass is 9.91. The van der Waals surface area contributed by atoms with E-state index >= 15 is 0 Å². The summed E-state index contributed by atoms with van der Waals surface area (Å²) in [4.78, 5) is 31.4. The highest BCUT2D eigenvalue weighted by molar-refractivity contribution is 5.94. The highest BCUT2D eigenvalue weighted by Crippen LogP contribution is 2.28. The molecule has 0 spiro atoms. The number of cyclic esters (lactones) is 1. The van der Waals surface area contributed by atoms with Crippen LogP contribution in [0.25, 0.3) is 0 Å². The summed E-state index contributed by atoms with van der Waals surface area (Å²) in [5, 5.41) is 0. The highest BCUT2D eigenvalue weighted by Gasteiger charge is 2.38. The van der Waals surface area contributed by atoms with Crippen LogP contribution in [0.15, 0.2) is 18.3 Å². The van der Waals surface area contributed by atoms with Gasteiger partial charge >= 0.3 is 6.09 Å². The lowest BCUT2D eigenvalue weighted by molar-refractivity contribution is -0.0153. The van der Waals surface area contributed by atoms with E-state index in [0.717, 1.165) is 0 Å². The van der Waals surface area contributed by atoms with Crippen LogP contribution in [0.4, 0.5) is 9.18 Å². The quantitative estimate of drug-likeness (QED) is 0.778. The summed E-state index contributed by atoms with van der Waals surface area (Å²) in [6.45, 7) is 6.19. The van der Waals surface area contributed by atoms with Gasteiger partial charge in [-0.3, -0.25) is 4.79 Å². The maximum absolute atomic E-state index is 13.7. The Morgan fingerprint density at radius 2 is 2.08 bits per heavy atom. The molecule has 2 aliphatic heterocycles. The van der Waals surface area contributed by atoms with Crippen molar-refractivity contribution in [1.82, 2.24) is 14.8 Å². The number of pyridine rings is 1. The SMILES string of the molecule is CC1(C)COC(=O)N(C2CCN(C(=O)c3cccnc3F)CC2)C1. The molecular formula is C17H22FN3O3. The number of halogens is 1. The summed E-state index contributed by atoms with van der Waals surface area (Å²) in [5.41, 5.74) is -0.0749. The number of likely N-dealkylation sites (tertiary alicyclic amines) is 1. The van der Waals surface area contributed by atoms with Gasteiger partial charge in [-0.1, -0.05) is 13.8 Å². The van der Waals surface area contributed by atoms with E-state index in [0.29, 0.717) is 39.1 Å². The van der Waals surface area contributed by atoms with Crippen molar-refractivity contribution in [2.24, 2.45) is 5.41 Å². The van der Waals surface area contributed by atoms with Gasteiger partial charge in [-0.05, 0) is 25.0 Å². The smallest absolute Gasteiger partial charge is 0.410 e. The largest absolute Gasteiger partial charge is 0.449 e. The van der Waals surface area contributed by atoms with Crippen LogP contribution < -0.4 is 0 Å². The minimum absolute atomic E-state index is 0.00512. The van der Waals surface area contributed by atoms with Crippen LogP contribution in [0.2, 0.25) is 0 Å². The monoisotopic (exact) mass is 335 g/mol. The summed E-state index contributed by atoms with van der Waals surface area (Å²) in [7, 11) is 0. The molecule has 0 aromatic carbocycles. The van der Waals surface area contributed by atoms with E-state index in [1.807, 2.05) is 0 Å². The van der Waals surface area contributed by atoms with Gasteiger partial charge in [0.1, 0.15) is 0 Å². The van der Waals surface area contributed by atoms with Gasteiger partial charge in [-0.15, -0.1) is 0 Å². The molecule has 0 bridgehead atoms. The second kappa shape index (κ2) is 6.37. The third-order valence-corrected chi connectivity index (χ3v) is 4.60. The van der Waals surface area contributed by atoms with Crippen LogP contribution in [-0.4, -0.2) is 59.1 Å². The Kier molecular flexibility index (Phi) is 4.43. The molecule has 7 heteroatoms. The van der Waals surface area contributed by atoms with Crippen LogP contribution in [0, 0.1) is 11.4 Å². The van der Waals surface area contributed by atoms with Crippen molar-refractivity contribution in [3.63, 3.8) is 0 Å². The van der Waals surface area contributed by atoms with Crippen molar-refractivity contribution in [1.29, 1.82) is 0 Å². The van der Waals surface area contributed by atoms with Gasteiger partial charge in [0.2, 0.25) is 5.95 Å². The van der Waals surface area contributed by atoms with Gasteiger partial charge < -0.3 is 14.5 Å². The molecular weight excluding hydrogens is 313 g/mol. The molecule has 1 aromatic rings. The first-order valence-electron chi connectivity index (χ1n) is 8.20. The second-order valence-corrected chi connectivity index (χ2v) is 7.21. The van der Waals surface area contributed by atoms with Crippen LogP contribution in [0.5, 0.6) is 0 Å². The van der Waals surface area contributed by atoms with Gasteiger partial charge in [0, 0.05) is 37.3 Å². The molecule has 2 aliphatic rings. The number of amides is 2. The van der Waals surface area contributed by atoms with Gasteiger partial charge in [0.05, 0.1) is 12.2 Å². The molecule has 6 nitrogen and oxygen atoms in total. The average Bonchev–Trinajstić information content (AvgIpc) is 2.57. The van der Waals surface area contributed by atoms with Crippen LogP contribution in [-0.2, 0) is 4.74 Å². The van der Waals surface area contributed by atoms with Crippen molar-refractivity contribution in [3.05, 3.63) is 29.8 Å². The van der Waals surface area contributed by atoms with E-state index in [1.54, 1.807) is 15.9 Å². The van der Waals surface area contributed by atoms with Crippen molar-refractivity contribution < 1.29 is 18.7 Å². The fourth-order valence-electron chi connectivity index (χ4n) is 3.29. The molecule has 1 aromatic heterocycles. The summed E-state index contributed by atoms with van der Waals surface area (Å²) in [6.07, 6.45) is 2.37. The predicted octanol–water partition coefficient (Wildman–Crippen LogP) is 2.30. The van der Waals surface area contributed by atoms with E-state index in [9.17, 15) is 14.0 Å². The Bertz CT molecular complexity index is 642. The summed E-state index contributed by atoms with van der Waals surface area (Å²) in [6, 6.07) is 3.05. The number of hydrogen-bond donors (Lipinski definition) is 0. The Hall–Kier alpha value is -2.18. The number of rotatable bonds is 2. The van der Waals surface area contributed by atoms with Crippen LogP contribution in [0.1, 0.15) is 37.0 Å². The first-order valence-corrected chi connectivity index (χ1v) is 8.20. The minimum atomic E-state index is -0.744. The number of carbonyl (C=O) groups is 2. The van der Waals surface area contributed by atoms with E-state index in [2.05, 4.69) is 18.8 Å². The molecule has 130 valence electrons. The Balaban J connectivity index is 1.62. The Labute approximate surface area is 140 Å². The second-order valence-electron chi connectivity index (χ2n) is 7.21. The van der Waals surface area contributed by atoms with Gasteiger partial charge in [0.25, 0.3) is 5.91 Å². The fraction of sp³-hybridized carbons (Fsp3) is 0.588. The zero-order valence-corrected chi connectivity index (χ0v) is 14.0. The standard InChI is InChI=1S/C17H22FN3O3/c1-17(2)10-21(16(23)24-11-17)12-5-8-20(9-6-12)15(22)13-4-3-7-19-14(13)18/h3-4,7,12H,5-6,8-11H2,1-2H3. The van der Waals surface area contributed by atoms with Crippen LogP contribution in [0.3, 0.4) is 0 Å². The van der Waals surface area contributed by atoms with E-state index in [4.69, 9.17) is 4.74 Å². The van der Waals surface area contributed by atoms with Crippen molar-refractivity contribution >= 4 is 12.0 Å². The molecule has 2 amide bonds. The average molecular weight is 335 g/mol. The van der Waals surface area contributed by atoms with Gasteiger partial charge in [-0.25, -0.2) is 9.78 Å². The number of aromatic nitrogens is 1. The first kappa shape index (κ1) is 16.7. The zero-order chi connectivity index (χ0) is 17.3. The minimum Gasteiger partial charge on any atom is -0.449 e. The molecule has 3 heterocycles. The molecule has 24 heavy (non-hydrogen) atoms.